The Morgan fingerprint density at radius 2 is 1.62 bits per heavy atom. The van der Waals surface area contributed by atoms with Crippen LogP contribution in [-0.2, 0) is 0 Å². The van der Waals surface area contributed by atoms with Crippen LogP contribution in [-0.4, -0.2) is 37.7 Å². The molecule has 0 amide bonds. The molecule has 0 saturated carbocycles. The fourth-order valence-electron chi connectivity index (χ4n) is 2.37. The Balaban J connectivity index is 2.20. The molecule has 24 heavy (non-hydrogen) atoms. The van der Waals surface area contributed by atoms with Crippen LogP contribution < -0.4 is 9.64 Å². The van der Waals surface area contributed by atoms with Crippen LogP contribution in [0.4, 0.5) is 5.69 Å². The maximum Gasteiger partial charge on any atom is 0.193 e. The molecule has 128 valence electrons. The highest BCUT2D eigenvalue weighted by atomic mass is 79.9. The maximum atomic E-state index is 12.6. The van der Waals surface area contributed by atoms with Crippen LogP contribution in [0.3, 0.4) is 0 Å². The van der Waals surface area contributed by atoms with Gasteiger partial charge in [0.15, 0.2) is 5.78 Å². The van der Waals surface area contributed by atoms with Gasteiger partial charge in [-0.15, -0.1) is 23.2 Å². The van der Waals surface area contributed by atoms with E-state index in [0.29, 0.717) is 41.7 Å². The van der Waals surface area contributed by atoms with Crippen LogP contribution in [0.15, 0.2) is 46.9 Å². The Bertz CT molecular complexity index is 686. The van der Waals surface area contributed by atoms with E-state index >= 15 is 0 Å². The zero-order valence-corrected chi connectivity index (χ0v) is 16.4. The molecule has 0 spiro atoms. The zero-order valence-electron chi connectivity index (χ0n) is 13.3. The maximum absolute atomic E-state index is 12.6. The standard InChI is InChI=1S/C18H18BrCl2NO2/c1-24-17-7-4-14(12-16(17)19)18(23)13-2-5-15(6-3-13)22(10-8-20)11-9-21/h2-7,12H,8-11H2,1H3. The molecule has 0 unspecified atom stereocenters. The van der Waals surface area contributed by atoms with Gasteiger partial charge < -0.3 is 9.64 Å². The second kappa shape index (κ2) is 9.30. The molecule has 0 aliphatic carbocycles. The summed E-state index contributed by atoms with van der Waals surface area (Å²) in [5.74, 6) is 1.71. The van der Waals surface area contributed by atoms with Gasteiger partial charge in [0.05, 0.1) is 11.6 Å². The number of hydrogen-bond donors (Lipinski definition) is 0. The summed E-state index contributed by atoms with van der Waals surface area (Å²) in [7, 11) is 1.59. The van der Waals surface area contributed by atoms with Gasteiger partial charge in [0, 0.05) is 41.7 Å². The van der Waals surface area contributed by atoms with Crippen LogP contribution >= 0.6 is 39.1 Å². The Morgan fingerprint density at radius 1 is 1.04 bits per heavy atom. The normalized spacial score (nSPS) is 10.5. The summed E-state index contributed by atoms with van der Waals surface area (Å²) in [4.78, 5) is 14.7. The molecule has 0 bridgehead atoms. The van der Waals surface area contributed by atoms with Crippen molar-refractivity contribution in [1.29, 1.82) is 0 Å². The van der Waals surface area contributed by atoms with Gasteiger partial charge in [0.2, 0.25) is 0 Å². The number of alkyl halides is 2. The van der Waals surface area contributed by atoms with E-state index in [2.05, 4.69) is 20.8 Å². The third-order valence-electron chi connectivity index (χ3n) is 3.62. The molecule has 2 aromatic rings. The van der Waals surface area contributed by atoms with Crippen molar-refractivity contribution in [3.8, 4) is 5.75 Å². The second-order valence-corrected chi connectivity index (χ2v) is 6.70. The number of anilines is 1. The summed E-state index contributed by atoms with van der Waals surface area (Å²) < 4.78 is 5.94. The van der Waals surface area contributed by atoms with Gasteiger partial charge in [0.1, 0.15) is 5.75 Å². The minimum Gasteiger partial charge on any atom is -0.496 e. The SMILES string of the molecule is COc1ccc(C(=O)c2ccc(N(CCCl)CCCl)cc2)cc1Br. The van der Waals surface area contributed by atoms with Crippen LogP contribution in [0.5, 0.6) is 5.75 Å². The van der Waals surface area contributed by atoms with Crippen molar-refractivity contribution >= 4 is 50.6 Å². The van der Waals surface area contributed by atoms with Gasteiger partial charge >= 0.3 is 0 Å². The fraction of sp³-hybridized carbons (Fsp3) is 0.278. The second-order valence-electron chi connectivity index (χ2n) is 5.09. The molecule has 0 atom stereocenters. The Hall–Kier alpha value is -1.23. The number of nitrogens with zero attached hydrogens (tertiary/aromatic N) is 1. The summed E-state index contributed by atoms with van der Waals surface area (Å²) in [6, 6.07) is 12.8. The summed E-state index contributed by atoms with van der Waals surface area (Å²) >= 11 is 15.1. The van der Waals surface area contributed by atoms with Crippen molar-refractivity contribution in [2.45, 2.75) is 0 Å². The number of halogens is 3. The van der Waals surface area contributed by atoms with Crippen LogP contribution in [0, 0.1) is 0 Å². The average molecular weight is 431 g/mol. The number of ether oxygens (including phenoxy) is 1. The van der Waals surface area contributed by atoms with Gasteiger partial charge in [-0.2, -0.15) is 0 Å². The lowest BCUT2D eigenvalue weighted by atomic mass is 10.0. The molecule has 0 aromatic heterocycles. The molecular formula is C18H18BrCl2NO2. The van der Waals surface area contributed by atoms with E-state index in [1.54, 1.807) is 25.3 Å². The number of carbonyl (C=O) groups is 1. The van der Waals surface area contributed by atoms with Crippen molar-refractivity contribution < 1.29 is 9.53 Å². The lowest BCUT2D eigenvalue weighted by Crippen LogP contribution is -2.27. The molecule has 0 saturated heterocycles. The molecular weight excluding hydrogens is 413 g/mol. The lowest BCUT2D eigenvalue weighted by Gasteiger charge is -2.22. The molecule has 6 heteroatoms. The molecule has 0 aliphatic heterocycles. The minimum atomic E-state index is -0.0360. The molecule has 2 rings (SSSR count). The Morgan fingerprint density at radius 3 is 2.12 bits per heavy atom. The van der Waals surface area contributed by atoms with Crippen molar-refractivity contribution in [2.75, 3.05) is 36.9 Å². The number of carbonyl (C=O) groups excluding carboxylic acids is 1. The third-order valence-corrected chi connectivity index (χ3v) is 4.58. The largest absolute Gasteiger partial charge is 0.496 e. The van der Waals surface area contributed by atoms with E-state index < -0.39 is 0 Å². The van der Waals surface area contributed by atoms with Crippen LogP contribution in [0.25, 0.3) is 0 Å². The highest BCUT2D eigenvalue weighted by Crippen LogP contribution is 2.27. The zero-order chi connectivity index (χ0) is 17.5. The first-order chi connectivity index (χ1) is 11.6. The van der Waals surface area contributed by atoms with Crippen LogP contribution in [0.2, 0.25) is 0 Å². The molecule has 2 aromatic carbocycles. The summed E-state index contributed by atoms with van der Waals surface area (Å²) in [5, 5.41) is 0. The Kier molecular flexibility index (Phi) is 7.40. The number of ketones is 1. The van der Waals surface area contributed by atoms with Crippen LogP contribution in [0.1, 0.15) is 15.9 Å². The first-order valence-corrected chi connectivity index (χ1v) is 9.32. The van der Waals surface area contributed by atoms with Gasteiger partial charge in [-0.25, -0.2) is 0 Å². The smallest absolute Gasteiger partial charge is 0.193 e. The van der Waals surface area contributed by atoms with Gasteiger partial charge in [-0.05, 0) is 58.4 Å². The van der Waals surface area contributed by atoms with E-state index in [-0.39, 0.29) is 5.78 Å². The monoisotopic (exact) mass is 429 g/mol. The molecule has 0 N–H and O–H groups in total. The highest BCUT2D eigenvalue weighted by Gasteiger charge is 2.12. The van der Waals surface area contributed by atoms with E-state index in [1.165, 1.54) is 0 Å². The quantitative estimate of drug-likeness (QED) is 0.437. The number of methoxy groups -OCH3 is 1. The molecule has 0 radical (unpaired) electrons. The van der Waals surface area contributed by atoms with E-state index in [9.17, 15) is 4.79 Å². The van der Waals surface area contributed by atoms with E-state index in [4.69, 9.17) is 27.9 Å². The summed E-state index contributed by atoms with van der Waals surface area (Å²) in [6.07, 6.45) is 0. The number of rotatable bonds is 8. The van der Waals surface area contributed by atoms with Crippen molar-refractivity contribution in [3.63, 3.8) is 0 Å². The molecule has 0 heterocycles. The highest BCUT2D eigenvalue weighted by molar-refractivity contribution is 9.10. The van der Waals surface area contributed by atoms with E-state index in [1.807, 2.05) is 24.3 Å². The molecule has 3 nitrogen and oxygen atoms in total. The summed E-state index contributed by atoms with van der Waals surface area (Å²) in [6.45, 7) is 1.43. The first-order valence-electron chi connectivity index (χ1n) is 7.46. The topological polar surface area (TPSA) is 29.5 Å². The van der Waals surface area contributed by atoms with Gasteiger partial charge in [-0.1, -0.05) is 0 Å². The van der Waals surface area contributed by atoms with E-state index in [0.717, 1.165) is 10.2 Å². The van der Waals surface area contributed by atoms with Crippen molar-refractivity contribution in [3.05, 3.63) is 58.1 Å². The van der Waals surface area contributed by atoms with Crippen molar-refractivity contribution in [2.24, 2.45) is 0 Å². The predicted molar refractivity (Wildman–Crippen MR) is 104 cm³/mol. The lowest BCUT2D eigenvalue weighted by molar-refractivity contribution is 0.103. The first kappa shape index (κ1) is 19.1. The fourth-order valence-corrected chi connectivity index (χ4v) is 3.32. The molecule has 0 fully saturated rings. The molecule has 0 aliphatic rings. The Labute approximate surface area is 160 Å². The number of hydrogen-bond acceptors (Lipinski definition) is 3. The average Bonchev–Trinajstić information content (AvgIpc) is 2.61. The van der Waals surface area contributed by atoms with Crippen molar-refractivity contribution in [1.82, 2.24) is 0 Å². The third kappa shape index (κ3) is 4.65. The number of benzene rings is 2. The predicted octanol–water partition coefficient (Wildman–Crippen LogP) is 4.97. The van der Waals surface area contributed by atoms with Gasteiger partial charge in [0.25, 0.3) is 0 Å². The summed E-state index contributed by atoms with van der Waals surface area (Å²) in [5.41, 5.74) is 2.24. The van der Waals surface area contributed by atoms with Gasteiger partial charge in [-0.3, -0.25) is 4.79 Å². The minimum absolute atomic E-state index is 0.0360.